The van der Waals surface area contributed by atoms with Crippen LogP contribution in [0.5, 0.6) is 11.5 Å². The fraction of sp³-hybridized carbons (Fsp3) is 0.381. The molecule has 0 spiro atoms. The number of rotatable bonds is 7. The van der Waals surface area contributed by atoms with Crippen LogP contribution in [0.25, 0.3) is 0 Å². The second kappa shape index (κ2) is 9.26. The zero-order chi connectivity index (χ0) is 19.1. The first-order chi connectivity index (χ1) is 13.2. The van der Waals surface area contributed by atoms with Gasteiger partial charge in [-0.3, -0.25) is 4.90 Å². The number of aliphatic hydroxyl groups is 1. The standard InChI is InChI=1S/C21H25N3O3/c1-26-21-4-2-3-18(13-21)24-11-9-23(10-12-24)15-19(25)16-27-20-7-5-17(14-22)6-8-20/h2-8,13,19,25H,9-12,15-16H2,1H3. The van der Waals surface area contributed by atoms with Crippen LogP contribution >= 0.6 is 0 Å². The molecule has 1 fully saturated rings. The highest BCUT2D eigenvalue weighted by atomic mass is 16.5. The molecular formula is C21H25N3O3. The van der Waals surface area contributed by atoms with E-state index in [-0.39, 0.29) is 6.61 Å². The third kappa shape index (κ3) is 5.36. The van der Waals surface area contributed by atoms with E-state index in [0.717, 1.165) is 31.9 Å². The SMILES string of the molecule is COc1cccc(N2CCN(CC(O)COc3ccc(C#N)cc3)CC2)c1. The number of piperazine rings is 1. The van der Waals surface area contributed by atoms with Crippen molar-refractivity contribution in [2.75, 3.05) is 51.3 Å². The number of hydrogen-bond donors (Lipinski definition) is 1. The van der Waals surface area contributed by atoms with Gasteiger partial charge in [-0.05, 0) is 36.4 Å². The van der Waals surface area contributed by atoms with Gasteiger partial charge in [-0.15, -0.1) is 0 Å². The molecular weight excluding hydrogens is 342 g/mol. The van der Waals surface area contributed by atoms with Crippen LogP contribution in [0.15, 0.2) is 48.5 Å². The second-order valence-electron chi connectivity index (χ2n) is 6.59. The lowest BCUT2D eigenvalue weighted by Crippen LogP contribution is -2.49. The van der Waals surface area contributed by atoms with E-state index in [1.807, 2.05) is 12.1 Å². The lowest BCUT2D eigenvalue weighted by atomic mass is 10.2. The average Bonchev–Trinajstić information content (AvgIpc) is 2.73. The van der Waals surface area contributed by atoms with Gasteiger partial charge in [-0.2, -0.15) is 5.26 Å². The number of nitriles is 1. The van der Waals surface area contributed by atoms with Crippen LogP contribution in [0.4, 0.5) is 5.69 Å². The minimum absolute atomic E-state index is 0.238. The average molecular weight is 367 g/mol. The topological polar surface area (TPSA) is 69.0 Å². The van der Waals surface area contributed by atoms with Gasteiger partial charge in [0.1, 0.15) is 24.2 Å². The van der Waals surface area contributed by atoms with Gasteiger partial charge in [0.25, 0.3) is 0 Å². The van der Waals surface area contributed by atoms with Crippen LogP contribution in [-0.2, 0) is 0 Å². The van der Waals surface area contributed by atoms with Crippen molar-refractivity contribution in [3.63, 3.8) is 0 Å². The number of benzene rings is 2. The number of methoxy groups -OCH3 is 1. The summed E-state index contributed by atoms with van der Waals surface area (Å²) in [4.78, 5) is 4.59. The summed E-state index contributed by atoms with van der Waals surface area (Å²) in [6.45, 7) is 4.44. The maximum absolute atomic E-state index is 10.3. The highest BCUT2D eigenvalue weighted by Crippen LogP contribution is 2.22. The lowest BCUT2D eigenvalue weighted by molar-refractivity contribution is 0.0663. The van der Waals surface area contributed by atoms with Crippen LogP contribution in [0.1, 0.15) is 5.56 Å². The van der Waals surface area contributed by atoms with Crippen LogP contribution in [0.3, 0.4) is 0 Å². The molecule has 0 aliphatic carbocycles. The molecule has 1 aliphatic heterocycles. The fourth-order valence-corrected chi connectivity index (χ4v) is 3.16. The van der Waals surface area contributed by atoms with Gasteiger partial charge in [-0.1, -0.05) is 6.07 Å². The molecule has 27 heavy (non-hydrogen) atoms. The molecule has 1 aliphatic rings. The molecule has 1 unspecified atom stereocenters. The molecule has 142 valence electrons. The maximum atomic E-state index is 10.3. The van der Waals surface area contributed by atoms with E-state index in [1.54, 1.807) is 31.4 Å². The number of nitrogens with zero attached hydrogens (tertiary/aromatic N) is 3. The number of hydrogen-bond acceptors (Lipinski definition) is 6. The lowest BCUT2D eigenvalue weighted by Gasteiger charge is -2.37. The number of aliphatic hydroxyl groups excluding tert-OH is 1. The predicted molar refractivity (Wildman–Crippen MR) is 104 cm³/mol. The van der Waals surface area contributed by atoms with E-state index in [2.05, 4.69) is 28.0 Å². The Morgan fingerprint density at radius 1 is 1.07 bits per heavy atom. The molecule has 0 saturated carbocycles. The first kappa shape index (κ1) is 19.0. The van der Waals surface area contributed by atoms with E-state index >= 15 is 0 Å². The Balaban J connectivity index is 1.42. The highest BCUT2D eigenvalue weighted by Gasteiger charge is 2.20. The zero-order valence-electron chi connectivity index (χ0n) is 15.5. The van der Waals surface area contributed by atoms with Gasteiger partial charge >= 0.3 is 0 Å². The van der Waals surface area contributed by atoms with Gasteiger partial charge in [-0.25, -0.2) is 0 Å². The van der Waals surface area contributed by atoms with Crippen LogP contribution in [0.2, 0.25) is 0 Å². The van der Waals surface area contributed by atoms with Gasteiger partial charge in [0.15, 0.2) is 0 Å². The summed E-state index contributed by atoms with van der Waals surface area (Å²) < 4.78 is 10.9. The molecule has 2 aromatic carbocycles. The Hall–Kier alpha value is -2.75. The van der Waals surface area contributed by atoms with Crippen molar-refractivity contribution >= 4 is 5.69 Å². The Labute approximate surface area is 160 Å². The summed E-state index contributed by atoms with van der Waals surface area (Å²) in [7, 11) is 1.68. The second-order valence-corrected chi connectivity index (χ2v) is 6.59. The molecule has 3 rings (SSSR count). The van der Waals surface area contributed by atoms with Gasteiger partial charge in [0, 0.05) is 44.5 Å². The summed E-state index contributed by atoms with van der Waals surface area (Å²) in [5.74, 6) is 1.53. The van der Waals surface area contributed by atoms with Crippen LogP contribution in [0, 0.1) is 11.3 Å². The maximum Gasteiger partial charge on any atom is 0.120 e. The highest BCUT2D eigenvalue weighted by molar-refractivity contribution is 5.51. The van der Waals surface area contributed by atoms with E-state index in [1.165, 1.54) is 5.69 Å². The molecule has 1 atom stereocenters. The van der Waals surface area contributed by atoms with Gasteiger partial charge < -0.3 is 19.5 Å². The Morgan fingerprint density at radius 2 is 1.81 bits per heavy atom. The van der Waals surface area contributed by atoms with Gasteiger partial charge in [0.05, 0.1) is 18.7 Å². The molecule has 1 N–H and O–H groups in total. The number of anilines is 1. The molecule has 0 aromatic heterocycles. The monoisotopic (exact) mass is 367 g/mol. The molecule has 1 saturated heterocycles. The Morgan fingerprint density at radius 3 is 2.48 bits per heavy atom. The zero-order valence-corrected chi connectivity index (χ0v) is 15.5. The normalized spacial score (nSPS) is 15.8. The summed E-state index contributed by atoms with van der Waals surface area (Å²) in [6, 6.07) is 17.1. The Kier molecular flexibility index (Phi) is 6.53. The first-order valence-corrected chi connectivity index (χ1v) is 9.10. The molecule has 0 amide bonds. The third-order valence-corrected chi connectivity index (χ3v) is 4.69. The van der Waals surface area contributed by atoms with Crippen LogP contribution in [-0.4, -0.2) is 62.6 Å². The van der Waals surface area contributed by atoms with E-state index < -0.39 is 6.10 Å². The molecule has 2 aromatic rings. The van der Waals surface area contributed by atoms with Crippen molar-refractivity contribution in [3.05, 3.63) is 54.1 Å². The van der Waals surface area contributed by atoms with E-state index in [0.29, 0.717) is 17.9 Å². The number of ether oxygens (including phenoxy) is 2. The van der Waals surface area contributed by atoms with E-state index in [9.17, 15) is 5.11 Å². The molecule has 6 heteroatoms. The summed E-state index contributed by atoms with van der Waals surface area (Å²) >= 11 is 0. The van der Waals surface area contributed by atoms with E-state index in [4.69, 9.17) is 14.7 Å². The van der Waals surface area contributed by atoms with Crippen molar-refractivity contribution in [2.24, 2.45) is 0 Å². The molecule has 0 bridgehead atoms. The largest absolute Gasteiger partial charge is 0.497 e. The third-order valence-electron chi connectivity index (χ3n) is 4.69. The number of β-amino-alcohol motifs (C(OH)–C–C–N with tert-alkyl or cyclic N) is 1. The van der Waals surface area contributed by atoms with Crippen molar-refractivity contribution < 1.29 is 14.6 Å². The van der Waals surface area contributed by atoms with Crippen molar-refractivity contribution in [1.82, 2.24) is 4.90 Å². The fourth-order valence-electron chi connectivity index (χ4n) is 3.16. The molecule has 1 heterocycles. The van der Waals surface area contributed by atoms with Gasteiger partial charge in [0.2, 0.25) is 0 Å². The van der Waals surface area contributed by atoms with Crippen molar-refractivity contribution in [2.45, 2.75) is 6.10 Å². The van der Waals surface area contributed by atoms with Crippen molar-refractivity contribution in [1.29, 1.82) is 5.26 Å². The predicted octanol–water partition coefficient (Wildman–Crippen LogP) is 2.13. The quantitative estimate of drug-likeness (QED) is 0.809. The summed E-state index contributed by atoms with van der Waals surface area (Å²) in [5, 5.41) is 19.1. The molecule has 0 radical (unpaired) electrons. The smallest absolute Gasteiger partial charge is 0.120 e. The van der Waals surface area contributed by atoms with Crippen molar-refractivity contribution in [3.8, 4) is 17.6 Å². The first-order valence-electron chi connectivity index (χ1n) is 9.10. The minimum atomic E-state index is -0.552. The minimum Gasteiger partial charge on any atom is -0.497 e. The summed E-state index contributed by atoms with van der Waals surface area (Å²) in [6.07, 6.45) is -0.552. The van der Waals surface area contributed by atoms with Crippen LogP contribution < -0.4 is 14.4 Å². The summed E-state index contributed by atoms with van der Waals surface area (Å²) in [5.41, 5.74) is 1.76. The molecule has 6 nitrogen and oxygen atoms in total. The Bertz CT molecular complexity index is 765.